The molecular weight excluding hydrogens is 394 g/mol. The molecule has 4 fully saturated rings. The number of H-pyrrole nitrogens is 1. The van der Waals surface area contributed by atoms with Gasteiger partial charge in [0.1, 0.15) is 23.7 Å². The van der Waals surface area contributed by atoms with Crippen LogP contribution in [0, 0.1) is 0 Å². The molecule has 0 unspecified atom stereocenters. The molecule has 1 atom stereocenters. The van der Waals surface area contributed by atoms with Crippen molar-refractivity contribution in [3.63, 3.8) is 0 Å². The third-order valence-corrected chi connectivity index (χ3v) is 7.43. The van der Waals surface area contributed by atoms with Crippen LogP contribution in [0.25, 0.3) is 11.3 Å². The van der Waals surface area contributed by atoms with Gasteiger partial charge in [0.25, 0.3) is 5.91 Å². The highest BCUT2D eigenvalue weighted by molar-refractivity contribution is 5.96. The van der Waals surface area contributed by atoms with E-state index in [1.165, 1.54) is 0 Å². The van der Waals surface area contributed by atoms with Gasteiger partial charge in [0, 0.05) is 75.3 Å². The molecule has 1 amide bonds. The molecule has 4 saturated heterocycles. The van der Waals surface area contributed by atoms with E-state index in [1.54, 1.807) is 7.11 Å². The summed E-state index contributed by atoms with van der Waals surface area (Å²) in [5.41, 5.74) is 4.40. The predicted molar refractivity (Wildman–Crippen MR) is 116 cm³/mol. The number of hydrogen-bond acceptors (Lipinski definition) is 6. The number of carbonyl (C=O) groups excluding carboxylic acids is 1. The largest absolute Gasteiger partial charge is 0.488 e. The van der Waals surface area contributed by atoms with Gasteiger partial charge in [-0.25, -0.2) is 0 Å². The lowest BCUT2D eigenvalue weighted by Gasteiger charge is -2.31. The van der Waals surface area contributed by atoms with Crippen molar-refractivity contribution >= 4 is 11.6 Å². The van der Waals surface area contributed by atoms with E-state index in [2.05, 4.69) is 43.1 Å². The van der Waals surface area contributed by atoms with Crippen LogP contribution in [-0.4, -0.2) is 84.4 Å². The first-order valence-corrected chi connectivity index (χ1v) is 11.4. The summed E-state index contributed by atoms with van der Waals surface area (Å²) in [6.45, 7) is 6.19. The first-order chi connectivity index (χ1) is 15.2. The summed E-state index contributed by atoms with van der Waals surface area (Å²) in [4.78, 5) is 20.3. The number of piperidine rings is 1. The van der Waals surface area contributed by atoms with E-state index < -0.39 is 0 Å². The quantitative estimate of drug-likeness (QED) is 0.815. The highest BCUT2D eigenvalue weighted by Gasteiger charge is 2.35. The Kier molecular flexibility index (Phi) is 4.65. The Bertz CT molecular complexity index is 997. The number of nitrogens with one attached hydrogen (secondary N) is 1. The van der Waals surface area contributed by atoms with Gasteiger partial charge in [-0.05, 0) is 31.4 Å². The van der Waals surface area contributed by atoms with E-state index in [4.69, 9.17) is 9.47 Å². The highest BCUT2D eigenvalue weighted by Crippen LogP contribution is 2.40. The fourth-order valence-electron chi connectivity index (χ4n) is 5.53. The van der Waals surface area contributed by atoms with Crippen LogP contribution in [0.2, 0.25) is 0 Å². The first kappa shape index (κ1) is 19.1. The average molecular weight is 424 g/mol. The zero-order chi connectivity index (χ0) is 20.9. The lowest BCUT2D eigenvalue weighted by atomic mass is 10.0. The number of benzene rings is 1. The highest BCUT2D eigenvalue weighted by atomic mass is 16.5. The van der Waals surface area contributed by atoms with E-state index in [0.29, 0.717) is 18.3 Å². The van der Waals surface area contributed by atoms with Gasteiger partial charge in [0.2, 0.25) is 0 Å². The molecule has 5 aliphatic rings. The van der Waals surface area contributed by atoms with Gasteiger partial charge in [-0.1, -0.05) is 0 Å². The molecule has 8 heteroatoms. The molecule has 5 aliphatic heterocycles. The van der Waals surface area contributed by atoms with Crippen LogP contribution < -0.4 is 9.64 Å². The Morgan fingerprint density at radius 1 is 1.16 bits per heavy atom. The van der Waals surface area contributed by atoms with Crippen molar-refractivity contribution in [1.29, 1.82) is 0 Å². The second kappa shape index (κ2) is 7.53. The maximum atomic E-state index is 13.4. The summed E-state index contributed by atoms with van der Waals surface area (Å²) in [5.74, 6) is 0.895. The summed E-state index contributed by atoms with van der Waals surface area (Å²) >= 11 is 0. The monoisotopic (exact) mass is 423 g/mol. The van der Waals surface area contributed by atoms with Gasteiger partial charge in [0.15, 0.2) is 0 Å². The van der Waals surface area contributed by atoms with Crippen LogP contribution in [0.1, 0.15) is 35.3 Å². The summed E-state index contributed by atoms with van der Waals surface area (Å²) < 4.78 is 11.6. The number of fused-ring (bicyclic) bond motifs is 7. The minimum Gasteiger partial charge on any atom is -0.488 e. The van der Waals surface area contributed by atoms with E-state index in [9.17, 15) is 4.79 Å². The molecule has 0 radical (unpaired) electrons. The molecule has 8 nitrogen and oxygen atoms in total. The second-order valence-corrected chi connectivity index (χ2v) is 9.06. The molecule has 1 aromatic heterocycles. The van der Waals surface area contributed by atoms with E-state index in [1.807, 2.05) is 0 Å². The van der Waals surface area contributed by atoms with Gasteiger partial charge >= 0.3 is 0 Å². The Hall–Kier alpha value is -2.58. The fourth-order valence-corrected chi connectivity index (χ4v) is 5.53. The number of carbonyl (C=O) groups is 1. The molecular formula is C23H29N5O3. The molecule has 0 saturated carbocycles. The minimum absolute atomic E-state index is 0.0637. The number of amides is 1. The zero-order valence-corrected chi connectivity index (χ0v) is 18.0. The lowest BCUT2D eigenvalue weighted by Crippen LogP contribution is -2.42. The number of aromatic nitrogens is 2. The maximum absolute atomic E-state index is 13.4. The van der Waals surface area contributed by atoms with Crippen molar-refractivity contribution in [2.45, 2.75) is 38.0 Å². The molecule has 1 aromatic carbocycles. The fraction of sp³-hybridized carbons (Fsp3) is 0.565. The van der Waals surface area contributed by atoms with Crippen LogP contribution in [0.5, 0.6) is 5.75 Å². The van der Waals surface area contributed by atoms with Crippen LogP contribution in [0.15, 0.2) is 18.2 Å². The third kappa shape index (κ3) is 3.20. The number of methoxy groups -OCH3 is 1. The molecule has 31 heavy (non-hydrogen) atoms. The van der Waals surface area contributed by atoms with Crippen molar-refractivity contribution in [1.82, 2.24) is 20.0 Å². The Balaban J connectivity index is 1.27. The number of aromatic amines is 1. The number of hydrogen-bond donors (Lipinski definition) is 1. The van der Waals surface area contributed by atoms with Crippen LogP contribution >= 0.6 is 0 Å². The molecule has 2 bridgehead atoms. The molecule has 164 valence electrons. The van der Waals surface area contributed by atoms with E-state index in [-0.39, 0.29) is 12.0 Å². The first-order valence-electron chi connectivity index (χ1n) is 11.4. The number of ether oxygens (including phenoxy) is 2. The van der Waals surface area contributed by atoms with Crippen LogP contribution in [-0.2, 0) is 11.3 Å². The Labute approximate surface area is 182 Å². The summed E-state index contributed by atoms with van der Waals surface area (Å²) in [5, 5.41) is 7.61. The van der Waals surface area contributed by atoms with E-state index >= 15 is 0 Å². The zero-order valence-electron chi connectivity index (χ0n) is 18.0. The number of nitrogens with zero attached hydrogens (tertiary/aromatic N) is 4. The van der Waals surface area contributed by atoms with Crippen LogP contribution in [0.3, 0.4) is 0 Å². The normalized spacial score (nSPS) is 26.9. The molecule has 7 rings (SSSR count). The maximum Gasteiger partial charge on any atom is 0.272 e. The van der Waals surface area contributed by atoms with Crippen molar-refractivity contribution in [3.8, 4) is 17.0 Å². The Morgan fingerprint density at radius 2 is 2.03 bits per heavy atom. The van der Waals surface area contributed by atoms with Gasteiger partial charge in [-0.15, -0.1) is 0 Å². The summed E-state index contributed by atoms with van der Waals surface area (Å²) in [6, 6.07) is 6.61. The van der Waals surface area contributed by atoms with Gasteiger partial charge < -0.3 is 24.2 Å². The van der Waals surface area contributed by atoms with Crippen molar-refractivity contribution in [2.75, 3.05) is 51.3 Å². The predicted octanol–water partition coefficient (Wildman–Crippen LogP) is 2.11. The standard InChI is InChI=1S/C23H29N5O3/c1-30-17-6-9-27(13-17)16-2-3-18-20(12-16)31-14-19-21(18)24-25-22(19)23(29)28-11-10-26-7-4-15(28)5-8-26/h2-3,12,15,17H,4-11,13-14H2,1H3,(H,24,25)/t17-/m0/s1. The number of rotatable bonds is 3. The minimum atomic E-state index is 0.0637. The van der Waals surface area contributed by atoms with Crippen LogP contribution in [0.4, 0.5) is 5.69 Å². The molecule has 0 aliphatic carbocycles. The summed E-state index contributed by atoms with van der Waals surface area (Å²) in [6.07, 6.45) is 3.45. The van der Waals surface area contributed by atoms with Crippen molar-refractivity contribution in [3.05, 3.63) is 29.5 Å². The smallest absolute Gasteiger partial charge is 0.272 e. The average Bonchev–Trinajstić information content (AvgIpc) is 3.37. The molecule has 2 aromatic rings. The molecule has 6 heterocycles. The lowest BCUT2D eigenvalue weighted by molar-refractivity contribution is 0.0676. The molecule has 0 spiro atoms. The van der Waals surface area contributed by atoms with Crippen molar-refractivity contribution in [2.24, 2.45) is 0 Å². The second-order valence-electron chi connectivity index (χ2n) is 9.06. The van der Waals surface area contributed by atoms with E-state index in [0.717, 1.165) is 86.8 Å². The molecule has 1 N–H and O–H groups in total. The number of anilines is 1. The SMILES string of the molecule is CO[C@H]1CCN(c2ccc3c(c2)OCc2c-3n[nH]c2C(=O)N2CCN3CCC2CC3)C1. The summed E-state index contributed by atoms with van der Waals surface area (Å²) in [7, 11) is 1.77. The Morgan fingerprint density at radius 3 is 2.84 bits per heavy atom. The van der Waals surface area contributed by atoms with Gasteiger partial charge in [-0.3, -0.25) is 9.89 Å². The van der Waals surface area contributed by atoms with Crippen molar-refractivity contribution < 1.29 is 14.3 Å². The topological polar surface area (TPSA) is 73.9 Å². The third-order valence-electron chi connectivity index (χ3n) is 7.43. The van der Waals surface area contributed by atoms with Gasteiger partial charge in [-0.2, -0.15) is 5.10 Å². The van der Waals surface area contributed by atoms with Gasteiger partial charge in [0.05, 0.1) is 6.10 Å².